The number of hydrogen-bond acceptors (Lipinski definition) is 6. The molecule has 2 rings (SSSR count). The second-order valence-electron chi connectivity index (χ2n) is 5.30. The highest BCUT2D eigenvalue weighted by Gasteiger charge is 2.12. The van der Waals surface area contributed by atoms with E-state index in [1.165, 1.54) is 11.3 Å². The second kappa shape index (κ2) is 9.12. The molecule has 0 aliphatic rings. The minimum Gasteiger partial charge on any atom is -0.497 e. The van der Waals surface area contributed by atoms with Crippen molar-refractivity contribution in [3.05, 3.63) is 34.8 Å². The van der Waals surface area contributed by atoms with Crippen LogP contribution in [0.1, 0.15) is 48.0 Å². The molecule has 0 atom stereocenters. The predicted molar refractivity (Wildman–Crippen MR) is 93.7 cm³/mol. The fourth-order valence-electron chi connectivity index (χ4n) is 2.06. The number of rotatable bonds is 9. The molecule has 0 aliphatic carbocycles. The van der Waals surface area contributed by atoms with E-state index in [9.17, 15) is 9.59 Å². The van der Waals surface area contributed by atoms with E-state index in [1.54, 1.807) is 31.4 Å². The maximum atomic E-state index is 12.1. The van der Waals surface area contributed by atoms with Crippen LogP contribution in [0, 0.1) is 0 Å². The number of carbonyl (C=O) groups excluding carboxylic acids is 2. The molecule has 1 heterocycles. The van der Waals surface area contributed by atoms with Crippen LogP contribution in [0.2, 0.25) is 0 Å². The van der Waals surface area contributed by atoms with E-state index in [1.807, 2.05) is 0 Å². The van der Waals surface area contributed by atoms with Gasteiger partial charge in [0.15, 0.2) is 5.78 Å². The molecular weight excluding hydrogens is 326 g/mol. The van der Waals surface area contributed by atoms with Crippen LogP contribution in [0.25, 0.3) is 0 Å². The highest BCUT2D eigenvalue weighted by molar-refractivity contribution is 7.15. The monoisotopic (exact) mass is 347 g/mol. The number of carbonyl (C=O) groups is 2. The third kappa shape index (κ3) is 5.42. The lowest BCUT2D eigenvalue weighted by atomic mass is 10.1. The molecule has 6 nitrogen and oxygen atoms in total. The Bertz CT molecular complexity index is 683. The molecule has 1 N–H and O–H groups in total. The van der Waals surface area contributed by atoms with Crippen LogP contribution in [-0.2, 0) is 11.2 Å². The zero-order valence-electron chi connectivity index (χ0n) is 13.9. The van der Waals surface area contributed by atoms with E-state index in [-0.39, 0.29) is 24.5 Å². The summed E-state index contributed by atoms with van der Waals surface area (Å²) in [5.41, 5.74) is 0.571. The Morgan fingerprint density at radius 3 is 2.58 bits per heavy atom. The summed E-state index contributed by atoms with van der Waals surface area (Å²) in [5.74, 6) is 0.392. The first-order chi connectivity index (χ1) is 11.6. The van der Waals surface area contributed by atoms with Gasteiger partial charge in [-0.25, -0.2) is 0 Å². The van der Waals surface area contributed by atoms with Crippen LogP contribution >= 0.6 is 11.3 Å². The number of ketones is 1. The van der Waals surface area contributed by atoms with Gasteiger partial charge in [-0.15, -0.1) is 10.2 Å². The smallest absolute Gasteiger partial charge is 0.226 e. The van der Waals surface area contributed by atoms with Crippen molar-refractivity contribution in [1.29, 1.82) is 0 Å². The number of aryl methyl sites for hydroxylation is 1. The van der Waals surface area contributed by atoms with Crippen molar-refractivity contribution in [2.45, 2.75) is 39.0 Å². The first kappa shape index (κ1) is 18.1. The van der Waals surface area contributed by atoms with Crippen molar-refractivity contribution in [3.63, 3.8) is 0 Å². The van der Waals surface area contributed by atoms with Gasteiger partial charge in [-0.1, -0.05) is 24.7 Å². The highest BCUT2D eigenvalue weighted by atomic mass is 32.1. The molecule has 0 unspecified atom stereocenters. The molecule has 24 heavy (non-hydrogen) atoms. The Balaban J connectivity index is 1.79. The number of anilines is 1. The van der Waals surface area contributed by atoms with E-state index in [4.69, 9.17) is 4.74 Å². The fourth-order valence-corrected chi connectivity index (χ4v) is 2.86. The molecule has 2 aromatic rings. The summed E-state index contributed by atoms with van der Waals surface area (Å²) >= 11 is 1.38. The first-order valence-electron chi connectivity index (χ1n) is 7.92. The summed E-state index contributed by atoms with van der Waals surface area (Å²) in [6, 6.07) is 6.85. The number of nitrogens with one attached hydrogen (secondary N) is 1. The molecule has 0 radical (unpaired) electrons. The third-order valence-corrected chi connectivity index (χ3v) is 4.35. The van der Waals surface area contributed by atoms with E-state index >= 15 is 0 Å². The van der Waals surface area contributed by atoms with Gasteiger partial charge < -0.3 is 10.1 Å². The zero-order valence-corrected chi connectivity index (χ0v) is 14.7. The molecule has 0 aliphatic heterocycles. The molecule has 0 saturated heterocycles. The van der Waals surface area contributed by atoms with Crippen molar-refractivity contribution < 1.29 is 14.3 Å². The summed E-state index contributed by atoms with van der Waals surface area (Å²) in [4.78, 5) is 24.0. The van der Waals surface area contributed by atoms with Crippen LogP contribution in [0.15, 0.2) is 24.3 Å². The van der Waals surface area contributed by atoms with E-state index in [0.29, 0.717) is 16.4 Å². The van der Waals surface area contributed by atoms with E-state index in [2.05, 4.69) is 22.4 Å². The number of Topliss-reactive ketones (excluding diaryl/α,β-unsaturated/α-hetero) is 1. The van der Waals surface area contributed by atoms with Gasteiger partial charge >= 0.3 is 0 Å². The van der Waals surface area contributed by atoms with Gasteiger partial charge in [0.1, 0.15) is 10.8 Å². The summed E-state index contributed by atoms with van der Waals surface area (Å²) < 4.78 is 5.05. The molecule has 0 fully saturated rings. The van der Waals surface area contributed by atoms with Gasteiger partial charge in [0.2, 0.25) is 11.0 Å². The predicted octanol–water partition coefficient (Wildman–Crippen LogP) is 3.49. The largest absolute Gasteiger partial charge is 0.497 e. The number of unbranched alkanes of at least 4 members (excludes halogenated alkanes) is 1. The second-order valence-corrected chi connectivity index (χ2v) is 6.37. The average molecular weight is 347 g/mol. The quantitative estimate of drug-likeness (QED) is 0.702. The SMILES string of the molecule is CCCCc1nnc(NC(=O)CCC(=O)c2ccc(OC)cc2)s1. The lowest BCUT2D eigenvalue weighted by Gasteiger charge is -2.03. The molecule has 1 aromatic carbocycles. The van der Waals surface area contributed by atoms with Crippen LogP contribution in [0.3, 0.4) is 0 Å². The van der Waals surface area contributed by atoms with Crippen molar-refractivity contribution in [3.8, 4) is 5.75 Å². The van der Waals surface area contributed by atoms with Crippen molar-refractivity contribution >= 4 is 28.2 Å². The molecule has 1 amide bonds. The summed E-state index contributed by atoms with van der Waals surface area (Å²) in [6.07, 6.45) is 3.29. The minimum absolute atomic E-state index is 0.0753. The Hall–Kier alpha value is -2.28. The lowest BCUT2D eigenvalue weighted by molar-refractivity contribution is -0.116. The van der Waals surface area contributed by atoms with Crippen molar-refractivity contribution in [1.82, 2.24) is 10.2 Å². The van der Waals surface area contributed by atoms with Gasteiger partial charge in [0.05, 0.1) is 7.11 Å². The van der Waals surface area contributed by atoms with Gasteiger partial charge in [-0.3, -0.25) is 9.59 Å². The van der Waals surface area contributed by atoms with Crippen LogP contribution in [-0.4, -0.2) is 29.0 Å². The standard InChI is InChI=1S/C17H21N3O3S/c1-3-4-5-16-19-20-17(24-16)18-15(22)11-10-14(21)12-6-8-13(23-2)9-7-12/h6-9H,3-5,10-11H2,1-2H3,(H,18,20,22). The Kier molecular flexibility index (Phi) is 6.87. The number of methoxy groups -OCH3 is 1. The summed E-state index contributed by atoms with van der Waals surface area (Å²) in [7, 11) is 1.57. The molecule has 0 spiro atoms. The van der Waals surface area contributed by atoms with Crippen LogP contribution in [0.4, 0.5) is 5.13 Å². The van der Waals surface area contributed by atoms with Crippen LogP contribution < -0.4 is 10.1 Å². The first-order valence-corrected chi connectivity index (χ1v) is 8.73. The molecule has 1 aromatic heterocycles. The summed E-state index contributed by atoms with van der Waals surface area (Å²) in [6.45, 7) is 2.11. The lowest BCUT2D eigenvalue weighted by Crippen LogP contribution is -2.13. The Morgan fingerprint density at radius 2 is 1.92 bits per heavy atom. The number of aromatic nitrogens is 2. The number of hydrogen-bond donors (Lipinski definition) is 1. The van der Waals surface area contributed by atoms with Crippen molar-refractivity contribution in [2.75, 3.05) is 12.4 Å². The molecule has 0 saturated carbocycles. The zero-order chi connectivity index (χ0) is 17.4. The third-order valence-electron chi connectivity index (χ3n) is 3.45. The molecule has 7 heteroatoms. The van der Waals surface area contributed by atoms with E-state index < -0.39 is 0 Å². The normalized spacial score (nSPS) is 10.4. The number of amides is 1. The van der Waals surface area contributed by atoms with E-state index in [0.717, 1.165) is 24.3 Å². The topological polar surface area (TPSA) is 81.2 Å². The maximum Gasteiger partial charge on any atom is 0.226 e. The molecular formula is C17H21N3O3S. The van der Waals surface area contributed by atoms with Crippen molar-refractivity contribution in [2.24, 2.45) is 0 Å². The summed E-state index contributed by atoms with van der Waals surface area (Å²) in [5, 5.41) is 12.1. The molecule has 128 valence electrons. The maximum absolute atomic E-state index is 12.1. The van der Waals surface area contributed by atoms with Crippen LogP contribution in [0.5, 0.6) is 5.75 Å². The van der Waals surface area contributed by atoms with Gasteiger partial charge in [0, 0.05) is 24.8 Å². The number of nitrogens with zero attached hydrogens (tertiary/aromatic N) is 2. The van der Waals surface area contributed by atoms with Gasteiger partial charge in [-0.05, 0) is 30.7 Å². The number of ether oxygens (including phenoxy) is 1. The minimum atomic E-state index is -0.227. The Morgan fingerprint density at radius 1 is 1.17 bits per heavy atom. The van der Waals surface area contributed by atoms with Gasteiger partial charge in [-0.2, -0.15) is 0 Å². The van der Waals surface area contributed by atoms with Gasteiger partial charge in [0.25, 0.3) is 0 Å². The highest BCUT2D eigenvalue weighted by Crippen LogP contribution is 2.18. The fraction of sp³-hybridized carbons (Fsp3) is 0.412. The Labute approximate surface area is 145 Å². The average Bonchev–Trinajstić information content (AvgIpc) is 3.05. The number of benzene rings is 1. The molecule has 0 bridgehead atoms.